The molecule has 2 aliphatic heterocycles. The average molecular weight is 536 g/mol. The number of hydrogen-bond donors (Lipinski definition) is 3. The van der Waals surface area contributed by atoms with Crippen LogP contribution in [0.4, 0.5) is 11.4 Å². The number of nitrogens with zero attached hydrogens (tertiary/aromatic N) is 4. The minimum Gasteiger partial charge on any atom is -0.480 e. The zero-order valence-electron chi connectivity index (χ0n) is 22.7. The highest BCUT2D eigenvalue weighted by atomic mass is 16.5. The second-order valence-electron chi connectivity index (χ2n) is 10.5. The molecule has 0 unspecified atom stereocenters. The molecule has 3 heterocycles. The molecule has 11 nitrogen and oxygen atoms in total. The standard InChI is InChI=1S/C28H37N7O4/c1-17-4-7-24(18-5-6-19(23(29)12-18)14-31-20-8-10-34(2)11-9-20)35(16-17)28(38)26(37)33-21-13-22(25(30)36)27(39-3)32-15-21/h5-6,12-15,17,20,24H,4,7-11,16,29H2,1-3H3,(H2,30,36)(H,33,37)/t17-,24+/m0/s1. The Morgan fingerprint density at radius 3 is 2.56 bits per heavy atom. The number of pyridine rings is 1. The van der Waals surface area contributed by atoms with Crippen LogP contribution in [0.1, 0.15) is 60.1 Å². The molecular weight excluding hydrogens is 498 g/mol. The molecule has 4 rings (SSSR count). The van der Waals surface area contributed by atoms with Gasteiger partial charge in [-0.25, -0.2) is 4.98 Å². The summed E-state index contributed by atoms with van der Waals surface area (Å²) in [6.07, 6.45) is 6.83. The molecule has 0 spiro atoms. The lowest BCUT2D eigenvalue weighted by atomic mass is 9.89. The number of carbonyl (C=O) groups excluding carboxylic acids is 3. The first-order valence-electron chi connectivity index (χ1n) is 13.2. The van der Waals surface area contributed by atoms with Gasteiger partial charge in [-0.1, -0.05) is 19.1 Å². The fourth-order valence-electron chi connectivity index (χ4n) is 5.15. The number of likely N-dealkylation sites (tertiary alicyclic amines) is 2. The van der Waals surface area contributed by atoms with Crippen LogP contribution in [-0.2, 0) is 9.59 Å². The summed E-state index contributed by atoms with van der Waals surface area (Å²) in [5.41, 5.74) is 14.3. The van der Waals surface area contributed by atoms with Crippen molar-refractivity contribution in [1.29, 1.82) is 0 Å². The van der Waals surface area contributed by atoms with Gasteiger partial charge in [0.25, 0.3) is 5.91 Å². The summed E-state index contributed by atoms with van der Waals surface area (Å²) in [5.74, 6) is -1.99. The van der Waals surface area contributed by atoms with Gasteiger partial charge in [0.15, 0.2) is 0 Å². The van der Waals surface area contributed by atoms with Gasteiger partial charge in [-0.3, -0.25) is 19.4 Å². The Hall–Kier alpha value is -3.99. The van der Waals surface area contributed by atoms with Gasteiger partial charge >= 0.3 is 11.8 Å². The van der Waals surface area contributed by atoms with E-state index in [2.05, 4.69) is 29.2 Å². The molecule has 2 atom stereocenters. The Balaban J connectivity index is 1.49. The van der Waals surface area contributed by atoms with Gasteiger partial charge in [0.1, 0.15) is 5.56 Å². The molecule has 3 amide bonds. The second-order valence-corrected chi connectivity index (χ2v) is 10.5. The van der Waals surface area contributed by atoms with Crippen molar-refractivity contribution in [2.45, 2.75) is 44.7 Å². The molecule has 11 heteroatoms. The third-order valence-corrected chi connectivity index (χ3v) is 7.45. The van der Waals surface area contributed by atoms with Gasteiger partial charge in [-0.05, 0) is 69.4 Å². The maximum atomic E-state index is 13.3. The largest absolute Gasteiger partial charge is 0.480 e. The molecule has 0 saturated carbocycles. The zero-order valence-corrected chi connectivity index (χ0v) is 22.7. The molecule has 39 heavy (non-hydrogen) atoms. The number of nitrogen functional groups attached to an aromatic ring is 1. The number of ether oxygens (including phenoxy) is 1. The van der Waals surface area contributed by atoms with Gasteiger partial charge in [0.05, 0.1) is 31.1 Å². The van der Waals surface area contributed by atoms with Crippen molar-refractivity contribution in [1.82, 2.24) is 14.8 Å². The molecule has 208 valence electrons. The van der Waals surface area contributed by atoms with Crippen molar-refractivity contribution < 1.29 is 19.1 Å². The third kappa shape index (κ3) is 6.72. The number of rotatable bonds is 6. The van der Waals surface area contributed by atoms with Crippen LogP contribution < -0.4 is 21.5 Å². The second kappa shape index (κ2) is 12.2. The van der Waals surface area contributed by atoms with Crippen LogP contribution in [0, 0.1) is 5.92 Å². The predicted molar refractivity (Wildman–Crippen MR) is 150 cm³/mol. The van der Waals surface area contributed by atoms with E-state index in [9.17, 15) is 14.4 Å². The molecule has 0 aliphatic carbocycles. The van der Waals surface area contributed by atoms with Gasteiger partial charge in [-0.15, -0.1) is 0 Å². The first-order valence-corrected chi connectivity index (χ1v) is 13.2. The Bertz CT molecular complexity index is 1260. The lowest BCUT2D eigenvalue weighted by molar-refractivity contribution is -0.146. The first-order chi connectivity index (χ1) is 18.7. The predicted octanol–water partition coefficient (Wildman–Crippen LogP) is 2.22. The van der Waals surface area contributed by atoms with Gasteiger partial charge < -0.3 is 31.3 Å². The van der Waals surface area contributed by atoms with E-state index in [4.69, 9.17) is 21.2 Å². The summed E-state index contributed by atoms with van der Waals surface area (Å²) in [6.45, 7) is 4.56. The number of anilines is 2. The van der Waals surface area contributed by atoms with Crippen LogP contribution in [-0.4, -0.2) is 78.6 Å². The quantitative estimate of drug-likeness (QED) is 0.291. The van der Waals surface area contributed by atoms with E-state index in [1.165, 1.54) is 19.4 Å². The summed E-state index contributed by atoms with van der Waals surface area (Å²) in [7, 11) is 3.48. The minimum absolute atomic E-state index is 0.00199. The first kappa shape index (κ1) is 28.0. The molecule has 1 aromatic carbocycles. The number of aliphatic imine (C=N–C) groups is 1. The summed E-state index contributed by atoms with van der Waals surface area (Å²) >= 11 is 0. The molecule has 2 aromatic rings. The number of piperidine rings is 2. The molecule has 2 saturated heterocycles. The number of amides is 3. The van der Waals surface area contributed by atoms with Crippen molar-refractivity contribution in [2.24, 2.45) is 16.6 Å². The average Bonchev–Trinajstić information content (AvgIpc) is 2.92. The number of aromatic nitrogens is 1. The molecule has 2 aliphatic rings. The highest BCUT2D eigenvalue weighted by molar-refractivity contribution is 6.39. The van der Waals surface area contributed by atoms with Crippen LogP contribution in [0.3, 0.4) is 0 Å². The molecule has 0 bridgehead atoms. The highest BCUT2D eigenvalue weighted by Crippen LogP contribution is 2.35. The van der Waals surface area contributed by atoms with Crippen LogP contribution in [0.25, 0.3) is 0 Å². The van der Waals surface area contributed by atoms with Crippen LogP contribution >= 0.6 is 0 Å². The number of methoxy groups -OCH3 is 1. The van der Waals surface area contributed by atoms with Crippen molar-refractivity contribution in [2.75, 3.05) is 44.8 Å². The highest BCUT2D eigenvalue weighted by Gasteiger charge is 2.34. The molecule has 0 radical (unpaired) electrons. The number of primary amides is 1. The molecule has 1 aromatic heterocycles. The molecule has 5 N–H and O–H groups in total. The lowest BCUT2D eigenvalue weighted by Gasteiger charge is -2.38. The number of benzene rings is 1. The van der Waals surface area contributed by atoms with Crippen molar-refractivity contribution in [3.05, 3.63) is 47.2 Å². The van der Waals surface area contributed by atoms with Crippen molar-refractivity contribution >= 4 is 35.3 Å². The van der Waals surface area contributed by atoms with E-state index in [0.717, 1.165) is 43.5 Å². The van der Waals surface area contributed by atoms with E-state index >= 15 is 0 Å². The molecular formula is C28H37N7O4. The Kier molecular flexibility index (Phi) is 8.80. The lowest BCUT2D eigenvalue weighted by Crippen LogP contribution is -2.46. The van der Waals surface area contributed by atoms with E-state index in [0.29, 0.717) is 24.7 Å². The monoisotopic (exact) mass is 535 g/mol. The van der Waals surface area contributed by atoms with Crippen LogP contribution in [0.2, 0.25) is 0 Å². The number of carbonyl (C=O) groups is 3. The fourth-order valence-corrected chi connectivity index (χ4v) is 5.15. The number of nitrogens with two attached hydrogens (primary N) is 2. The zero-order chi connectivity index (χ0) is 28.1. The number of nitrogens with one attached hydrogen (secondary N) is 1. The van der Waals surface area contributed by atoms with E-state index in [1.54, 1.807) is 4.90 Å². The Labute approximate surface area is 228 Å². The number of hydrogen-bond acceptors (Lipinski definition) is 8. The van der Waals surface area contributed by atoms with Gasteiger partial charge in [0.2, 0.25) is 5.88 Å². The van der Waals surface area contributed by atoms with Crippen molar-refractivity contribution in [3.8, 4) is 5.88 Å². The normalized spacial score (nSPS) is 20.6. The third-order valence-electron chi connectivity index (χ3n) is 7.45. The Morgan fingerprint density at radius 1 is 1.15 bits per heavy atom. The van der Waals surface area contributed by atoms with Gasteiger partial charge in [-0.2, -0.15) is 0 Å². The van der Waals surface area contributed by atoms with Crippen molar-refractivity contribution in [3.63, 3.8) is 0 Å². The maximum absolute atomic E-state index is 13.3. The molecule has 2 fully saturated rings. The summed E-state index contributed by atoms with van der Waals surface area (Å²) in [5, 5.41) is 2.54. The maximum Gasteiger partial charge on any atom is 0.313 e. The van der Waals surface area contributed by atoms with Gasteiger partial charge in [0, 0.05) is 24.0 Å². The Morgan fingerprint density at radius 2 is 1.90 bits per heavy atom. The summed E-state index contributed by atoms with van der Waals surface area (Å²) < 4.78 is 5.03. The summed E-state index contributed by atoms with van der Waals surface area (Å²) in [6, 6.07) is 7.10. The van der Waals surface area contributed by atoms with E-state index < -0.39 is 17.7 Å². The van der Waals surface area contributed by atoms with E-state index in [1.807, 2.05) is 24.4 Å². The SMILES string of the molecule is COc1ncc(NC(=O)C(=O)N2C[C@@H](C)CC[C@@H]2c2ccc(C=NC3CCN(C)CC3)c(N)c2)cc1C(N)=O. The van der Waals surface area contributed by atoms with Crippen LogP contribution in [0.5, 0.6) is 5.88 Å². The minimum atomic E-state index is -0.827. The smallest absolute Gasteiger partial charge is 0.313 e. The van der Waals surface area contributed by atoms with Crippen LogP contribution in [0.15, 0.2) is 35.5 Å². The van der Waals surface area contributed by atoms with E-state index in [-0.39, 0.29) is 29.1 Å². The summed E-state index contributed by atoms with van der Waals surface area (Å²) in [4.78, 5) is 50.7. The fraction of sp³-hybridized carbons (Fsp3) is 0.464. The topological polar surface area (TPSA) is 156 Å².